The number of para-hydroxylation sites is 1. The number of aromatic nitrogens is 1. The van der Waals surface area contributed by atoms with E-state index in [1.165, 1.54) is 14.2 Å². The number of hydrogen-bond acceptors (Lipinski definition) is 12. The number of esters is 1. The molecular formula is C25H22N8O4. The molecule has 1 aliphatic heterocycles. The average molecular weight is 499 g/mol. The standard InChI is InChI=1S/C25H22N8O4/c1-35-17-8-7-13(9-14(17)11-37-18-6-4-3-5-15(18)24(34)36-2)21-19-20(28)16(10-26)22(29)32-23(19)33-25(31-21)30-12-27/h3-9,21H,11H2,1-2H3,(H6,28,29,30,31,32,33). The van der Waals surface area contributed by atoms with Gasteiger partial charge in [0.15, 0.2) is 6.19 Å². The Kier molecular flexibility index (Phi) is 6.93. The van der Waals surface area contributed by atoms with Gasteiger partial charge in [-0.15, -0.1) is 0 Å². The number of ether oxygens (including phenoxy) is 3. The molecule has 2 heterocycles. The molecule has 1 atom stereocenters. The summed E-state index contributed by atoms with van der Waals surface area (Å²) in [6.45, 7) is 0.0504. The number of carbonyl (C=O) groups excluding carboxylic acids is 1. The van der Waals surface area contributed by atoms with Crippen molar-refractivity contribution in [3.8, 4) is 23.8 Å². The molecule has 0 fully saturated rings. The number of aliphatic imine (C=N–C) groups is 1. The Hall–Kier alpha value is -5.49. The second-order valence-corrected chi connectivity index (χ2v) is 7.75. The molecule has 3 aromatic rings. The van der Waals surface area contributed by atoms with E-state index < -0.39 is 12.0 Å². The summed E-state index contributed by atoms with van der Waals surface area (Å²) in [5.74, 6) is 0.717. The highest BCUT2D eigenvalue weighted by Gasteiger charge is 2.30. The number of hydrogen-bond donors (Lipinski definition) is 4. The number of nitriles is 2. The lowest BCUT2D eigenvalue weighted by molar-refractivity contribution is 0.0595. The lowest BCUT2D eigenvalue weighted by Gasteiger charge is -2.26. The van der Waals surface area contributed by atoms with Gasteiger partial charge in [0.2, 0.25) is 5.96 Å². The van der Waals surface area contributed by atoms with Crippen LogP contribution in [0.3, 0.4) is 0 Å². The largest absolute Gasteiger partial charge is 0.496 e. The van der Waals surface area contributed by atoms with Crippen molar-refractivity contribution >= 4 is 29.3 Å². The molecule has 0 radical (unpaired) electrons. The van der Waals surface area contributed by atoms with E-state index in [-0.39, 0.29) is 41.0 Å². The van der Waals surface area contributed by atoms with E-state index in [4.69, 9.17) is 30.9 Å². The van der Waals surface area contributed by atoms with Gasteiger partial charge in [0.25, 0.3) is 0 Å². The van der Waals surface area contributed by atoms with Crippen molar-refractivity contribution in [3.63, 3.8) is 0 Å². The highest BCUT2D eigenvalue weighted by Crippen LogP contribution is 2.41. The van der Waals surface area contributed by atoms with Gasteiger partial charge >= 0.3 is 5.97 Å². The first-order valence-electron chi connectivity index (χ1n) is 10.9. The number of nitrogen functional groups attached to an aromatic ring is 2. The predicted octanol–water partition coefficient (Wildman–Crippen LogP) is 2.43. The average Bonchev–Trinajstić information content (AvgIpc) is 2.91. The van der Waals surface area contributed by atoms with Gasteiger partial charge in [-0.05, 0) is 29.8 Å². The van der Waals surface area contributed by atoms with Crippen LogP contribution >= 0.6 is 0 Å². The molecule has 37 heavy (non-hydrogen) atoms. The van der Waals surface area contributed by atoms with Crippen molar-refractivity contribution in [3.05, 3.63) is 70.3 Å². The van der Waals surface area contributed by atoms with Crippen LogP contribution < -0.4 is 31.6 Å². The first-order valence-corrected chi connectivity index (χ1v) is 10.9. The zero-order chi connectivity index (χ0) is 26.5. The summed E-state index contributed by atoms with van der Waals surface area (Å²) in [6, 6.07) is 13.3. The zero-order valence-corrected chi connectivity index (χ0v) is 19.9. The van der Waals surface area contributed by atoms with E-state index in [1.54, 1.807) is 42.5 Å². The maximum atomic E-state index is 12.1. The van der Waals surface area contributed by atoms with Crippen LogP contribution in [0, 0.1) is 22.8 Å². The summed E-state index contributed by atoms with van der Waals surface area (Å²) in [5.41, 5.74) is 14.4. The fourth-order valence-corrected chi connectivity index (χ4v) is 3.93. The van der Waals surface area contributed by atoms with E-state index in [2.05, 4.69) is 20.6 Å². The number of fused-ring (bicyclic) bond motifs is 1. The third-order valence-electron chi connectivity index (χ3n) is 5.65. The highest BCUT2D eigenvalue weighted by molar-refractivity contribution is 5.98. The molecule has 0 saturated heterocycles. The third kappa shape index (κ3) is 4.72. The minimum atomic E-state index is -0.737. The van der Waals surface area contributed by atoms with Gasteiger partial charge in [0.1, 0.15) is 53.0 Å². The molecule has 186 valence electrons. The van der Waals surface area contributed by atoms with E-state index in [1.807, 2.05) is 12.3 Å². The third-order valence-corrected chi connectivity index (χ3v) is 5.65. The fraction of sp³-hybridized carbons (Fsp3) is 0.160. The first kappa shape index (κ1) is 24.6. The molecule has 1 unspecified atom stereocenters. The molecule has 0 spiro atoms. The Balaban J connectivity index is 1.77. The Labute approximate surface area is 212 Å². The van der Waals surface area contributed by atoms with Crippen LogP contribution in [-0.4, -0.2) is 31.1 Å². The Morgan fingerprint density at radius 3 is 2.65 bits per heavy atom. The number of benzene rings is 2. The Morgan fingerprint density at radius 2 is 1.95 bits per heavy atom. The van der Waals surface area contributed by atoms with Gasteiger partial charge in [-0.1, -0.05) is 18.2 Å². The summed E-state index contributed by atoms with van der Waals surface area (Å²) in [4.78, 5) is 20.9. The summed E-state index contributed by atoms with van der Waals surface area (Å²) in [5, 5.41) is 24.0. The normalized spacial score (nSPS) is 13.6. The molecular weight excluding hydrogens is 476 g/mol. The van der Waals surface area contributed by atoms with Crippen molar-refractivity contribution in [2.24, 2.45) is 4.99 Å². The Morgan fingerprint density at radius 1 is 1.16 bits per heavy atom. The second kappa shape index (κ2) is 10.4. The molecule has 2 aromatic carbocycles. The minimum Gasteiger partial charge on any atom is -0.496 e. The summed E-state index contributed by atoms with van der Waals surface area (Å²) in [7, 11) is 2.82. The number of rotatable bonds is 6. The number of carbonyl (C=O) groups is 1. The number of nitrogens with one attached hydrogen (secondary N) is 2. The van der Waals surface area contributed by atoms with Gasteiger partial charge in [0.05, 0.1) is 19.9 Å². The van der Waals surface area contributed by atoms with Gasteiger partial charge in [-0.25, -0.2) is 14.8 Å². The maximum absolute atomic E-state index is 12.1. The van der Waals surface area contributed by atoms with E-state index in [0.29, 0.717) is 28.2 Å². The predicted molar refractivity (Wildman–Crippen MR) is 135 cm³/mol. The van der Waals surface area contributed by atoms with Crippen LogP contribution in [0.25, 0.3) is 0 Å². The van der Waals surface area contributed by atoms with E-state index in [0.717, 1.165) is 0 Å². The summed E-state index contributed by atoms with van der Waals surface area (Å²) in [6.07, 6.45) is 1.82. The van der Waals surface area contributed by atoms with Crippen LogP contribution in [0.4, 0.5) is 17.3 Å². The SMILES string of the molecule is COC(=O)c1ccccc1OCc1cc(C2N=C(NC#N)Nc3nc(N)c(C#N)c(N)c32)ccc1OC. The lowest BCUT2D eigenvalue weighted by atomic mass is 9.94. The molecule has 0 saturated carbocycles. The summed E-state index contributed by atoms with van der Waals surface area (Å²) >= 11 is 0. The van der Waals surface area contributed by atoms with Crippen molar-refractivity contribution in [1.29, 1.82) is 10.5 Å². The van der Waals surface area contributed by atoms with Gasteiger partial charge in [-0.3, -0.25) is 5.32 Å². The number of methoxy groups -OCH3 is 2. The van der Waals surface area contributed by atoms with Crippen molar-refractivity contribution < 1.29 is 19.0 Å². The maximum Gasteiger partial charge on any atom is 0.341 e. The topological polar surface area (TPSA) is 194 Å². The van der Waals surface area contributed by atoms with Crippen molar-refractivity contribution in [2.45, 2.75) is 12.6 Å². The molecule has 0 amide bonds. The van der Waals surface area contributed by atoms with E-state index >= 15 is 0 Å². The van der Waals surface area contributed by atoms with Crippen LogP contribution in [0.1, 0.15) is 38.7 Å². The van der Waals surface area contributed by atoms with Crippen molar-refractivity contribution in [1.82, 2.24) is 10.3 Å². The van der Waals surface area contributed by atoms with Gasteiger partial charge in [0, 0.05) is 11.1 Å². The molecule has 1 aromatic heterocycles. The molecule has 12 nitrogen and oxygen atoms in total. The van der Waals surface area contributed by atoms with Crippen LogP contribution in [0.15, 0.2) is 47.5 Å². The van der Waals surface area contributed by atoms with Crippen molar-refractivity contribution in [2.75, 3.05) is 31.0 Å². The number of guanidine groups is 1. The number of pyridine rings is 1. The van der Waals surface area contributed by atoms with E-state index in [9.17, 15) is 10.1 Å². The number of nitrogens with zero attached hydrogens (tertiary/aromatic N) is 4. The molecule has 4 rings (SSSR count). The molecule has 1 aliphatic rings. The van der Waals surface area contributed by atoms with Crippen LogP contribution in [0.5, 0.6) is 11.5 Å². The molecule has 0 bridgehead atoms. The molecule has 0 aliphatic carbocycles. The minimum absolute atomic E-state index is 0.0360. The molecule has 6 N–H and O–H groups in total. The first-order chi connectivity index (χ1) is 17.9. The highest BCUT2D eigenvalue weighted by atomic mass is 16.5. The Bertz CT molecular complexity index is 1490. The number of nitrogens with two attached hydrogens (primary N) is 2. The summed E-state index contributed by atoms with van der Waals surface area (Å²) < 4.78 is 16.3. The second-order valence-electron chi connectivity index (χ2n) is 7.75. The fourth-order valence-electron chi connectivity index (χ4n) is 3.93. The van der Waals surface area contributed by atoms with Crippen LogP contribution in [0.2, 0.25) is 0 Å². The quantitative estimate of drug-likeness (QED) is 0.221. The van der Waals surface area contributed by atoms with Gasteiger partial charge in [-0.2, -0.15) is 10.5 Å². The number of anilines is 3. The van der Waals surface area contributed by atoms with Gasteiger partial charge < -0.3 is 31.0 Å². The molecule has 12 heteroatoms. The lowest BCUT2D eigenvalue weighted by Crippen LogP contribution is -2.32. The zero-order valence-electron chi connectivity index (χ0n) is 19.9. The monoisotopic (exact) mass is 498 g/mol. The smallest absolute Gasteiger partial charge is 0.341 e. The van der Waals surface area contributed by atoms with Crippen LogP contribution in [-0.2, 0) is 11.3 Å².